The summed E-state index contributed by atoms with van der Waals surface area (Å²) in [6.45, 7) is 1.15. The van der Waals surface area contributed by atoms with Crippen LogP contribution in [0.4, 0.5) is 0 Å². The molecule has 1 saturated carbocycles. The molecule has 1 unspecified atom stereocenters. The number of likely N-dealkylation sites (tertiary alicyclic amines) is 1. The van der Waals surface area contributed by atoms with Gasteiger partial charge in [-0.1, -0.05) is 31.0 Å². The molecular weight excluding hydrogens is 390 g/mol. The van der Waals surface area contributed by atoms with E-state index in [0.717, 1.165) is 38.5 Å². The van der Waals surface area contributed by atoms with Crippen molar-refractivity contribution in [3.63, 3.8) is 0 Å². The van der Waals surface area contributed by atoms with Gasteiger partial charge in [0.15, 0.2) is 0 Å². The lowest BCUT2D eigenvalue weighted by Crippen LogP contribution is -2.55. The molecule has 3 rings (SSSR count). The zero-order valence-corrected chi connectivity index (χ0v) is 17.5. The molecule has 7 heteroatoms. The van der Waals surface area contributed by atoms with Crippen molar-refractivity contribution in [2.45, 2.75) is 57.0 Å². The zero-order valence-electron chi connectivity index (χ0n) is 16.7. The van der Waals surface area contributed by atoms with Crippen LogP contribution in [0.5, 0.6) is 0 Å². The molecule has 2 N–H and O–H groups in total. The minimum atomic E-state index is -0.199. The van der Waals surface area contributed by atoms with Gasteiger partial charge >= 0.3 is 0 Å². The van der Waals surface area contributed by atoms with Crippen LogP contribution in [0.25, 0.3) is 0 Å². The maximum absolute atomic E-state index is 12.9. The van der Waals surface area contributed by atoms with E-state index in [0.29, 0.717) is 31.0 Å². The lowest BCUT2D eigenvalue weighted by atomic mass is 9.88. The molecule has 2 aliphatic rings. The summed E-state index contributed by atoms with van der Waals surface area (Å²) in [7, 11) is 0. The van der Waals surface area contributed by atoms with Crippen LogP contribution in [-0.2, 0) is 9.59 Å². The van der Waals surface area contributed by atoms with Gasteiger partial charge in [-0.05, 0) is 37.8 Å². The van der Waals surface area contributed by atoms with Gasteiger partial charge in [0, 0.05) is 43.0 Å². The molecule has 1 heterocycles. The first-order valence-electron chi connectivity index (χ1n) is 10.6. The zero-order chi connectivity index (χ0) is 20.6. The summed E-state index contributed by atoms with van der Waals surface area (Å²) in [5, 5.41) is 6.27. The van der Waals surface area contributed by atoms with Crippen molar-refractivity contribution in [3.8, 4) is 0 Å². The van der Waals surface area contributed by atoms with Crippen molar-refractivity contribution < 1.29 is 14.4 Å². The molecule has 29 heavy (non-hydrogen) atoms. The molecule has 1 aromatic carbocycles. The number of nitrogens with one attached hydrogen (secondary N) is 2. The number of rotatable bonds is 6. The molecule has 0 aromatic heterocycles. The number of piperidine rings is 1. The van der Waals surface area contributed by atoms with Crippen LogP contribution >= 0.6 is 11.6 Å². The second-order valence-corrected chi connectivity index (χ2v) is 8.34. The van der Waals surface area contributed by atoms with Gasteiger partial charge in [-0.2, -0.15) is 0 Å². The largest absolute Gasteiger partial charge is 0.351 e. The third-order valence-electron chi connectivity index (χ3n) is 5.90. The average Bonchev–Trinajstić information content (AvgIpc) is 2.76. The number of halogens is 1. The highest BCUT2D eigenvalue weighted by Gasteiger charge is 2.33. The van der Waals surface area contributed by atoms with E-state index >= 15 is 0 Å². The summed E-state index contributed by atoms with van der Waals surface area (Å²) in [4.78, 5) is 39.3. The molecule has 2 fully saturated rings. The van der Waals surface area contributed by atoms with Gasteiger partial charge in [-0.25, -0.2) is 0 Å². The first-order valence-corrected chi connectivity index (χ1v) is 11.1. The SMILES string of the molecule is O=C(N[C@@H]1CCCC[C@H]1NC(=O)C1CCCN(C(=O)CCCl)C1)c1ccccc1. The lowest BCUT2D eigenvalue weighted by Gasteiger charge is -2.36. The van der Waals surface area contributed by atoms with Crippen LogP contribution in [-0.4, -0.2) is 53.7 Å². The second kappa shape index (κ2) is 10.6. The molecule has 0 spiro atoms. The summed E-state index contributed by atoms with van der Waals surface area (Å²) < 4.78 is 0. The molecule has 6 nitrogen and oxygen atoms in total. The third kappa shape index (κ3) is 5.95. The Morgan fingerprint density at radius 3 is 2.34 bits per heavy atom. The molecule has 1 aliphatic heterocycles. The third-order valence-corrected chi connectivity index (χ3v) is 6.09. The predicted molar refractivity (Wildman–Crippen MR) is 113 cm³/mol. The summed E-state index contributed by atoms with van der Waals surface area (Å²) >= 11 is 5.68. The first-order chi connectivity index (χ1) is 14.1. The maximum Gasteiger partial charge on any atom is 0.251 e. The maximum atomic E-state index is 12.9. The van der Waals surface area contributed by atoms with Gasteiger partial charge < -0.3 is 15.5 Å². The van der Waals surface area contributed by atoms with Crippen molar-refractivity contribution in [3.05, 3.63) is 35.9 Å². The topological polar surface area (TPSA) is 78.5 Å². The first kappa shape index (κ1) is 21.6. The van der Waals surface area contributed by atoms with E-state index in [1.54, 1.807) is 17.0 Å². The fraction of sp³-hybridized carbons (Fsp3) is 0.591. The summed E-state index contributed by atoms with van der Waals surface area (Å²) in [5.41, 5.74) is 0.629. The van der Waals surface area contributed by atoms with Crippen LogP contribution in [0, 0.1) is 5.92 Å². The number of carbonyl (C=O) groups excluding carboxylic acids is 3. The van der Waals surface area contributed by atoms with Gasteiger partial charge in [0.2, 0.25) is 11.8 Å². The van der Waals surface area contributed by atoms with Crippen LogP contribution < -0.4 is 10.6 Å². The Labute approximate surface area is 177 Å². The van der Waals surface area contributed by atoms with E-state index in [1.807, 2.05) is 18.2 Å². The highest BCUT2D eigenvalue weighted by molar-refractivity contribution is 6.18. The molecule has 3 atom stereocenters. The Kier molecular flexibility index (Phi) is 7.92. The molecular formula is C22H30ClN3O3. The standard InChI is InChI=1S/C22H30ClN3O3/c23-13-12-20(27)26-14-6-9-17(15-26)22(29)25-19-11-5-4-10-18(19)24-21(28)16-7-2-1-3-8-16/h1-3,7-8,17-19H,4-6,9-15H2,(H,24,28)(H,25,29)/t17?,18-,19-/m1/s1. The number of benzene rings is 1. The number of nitrogens with zero attached hydrogens (tertiary/aromatic N) is 1. The Balaban J connectivity index is 1.57. The van der Waals surface area contributed by atoms with Crippen LogP contribution in [0.2, 0.25) is 0 Å². The molecule has 1 aromatic rings. The number of carbonyl (C=O) groups is 3. The fourth-order valence-corrected chi connectivity index (χ4v) is 4.44. The van der Waals surface area contributed by atoms with Crippen molar-refractivity contribution in [1.29, 1.82) is 0 Å². The summed E-state index contributed by atoms with van der Waals surface area (Å²) in [6.07, 6.45) is 5.70. The molecule has 1 saturated heterocycles. The highest BCUT2D eigenvalue weighted by Crippen LogP contribution is 2.22. The van der Waals surface area contributed by atoms with Crippen LogP contribution in [0.1, 0.15) is 55.3 Å². The monoisotopic (exact) mass is 419 g/mol. The van der Waals surface area contributed by atoms with Crippen molar-refractivity contribution in [2.75, 3.05) is 19.0 Å². The van der Waals surface area contributed by atoms with Gasteiger partial charge in [0.1, 0.15) is 0 Å². The van der Waals surface area contributed by atoms with E-state index in [2.05, 4.69) is 10.6 Å². The van der Waals surface area contributed by atoms with Crippen LogP contribution in [0.3, 0.4) is 0 Å². The quantitative estimate of drug-likeness (QED) is 0.696. The Morgan fingerprint density at radius 1 is 0.966 bits per heavy atom. The molecule has 0 radical (unpaired) electrons. The Bertz CT molecular complexity index is 713. The Morgan fingerprint density at radius 2 is 1.66 bits per heavy atom. The van der Waals surface area contributed by atoms with Crippen molar-refractivity contribution in [1.82, 2.24) is 15.5 Å². The van der Waals surface area contributed by atoms with Gasteiger partial charge in [0.05, 0.1) is 5.92 Å². The molecule has 158 valence electrons. The van der Waals surface area contributed by atoms with E-state index in [4.69, 9.17) is 11.6 Å². The fourth-order valence-electron chi connectivity index (χ4n) is 4.27. The van der Waals surface area contributed by atoms with Gasteiger partial charge in [-0.3, -0.25) is 14.4 Å². The number of amides is 3. The summed E-state index contributed by atoms with van der Waals surface area (Å²) in [5.74, 6) is 0.00180. The number of hydrogen-bond acceptors (Lipinski definition) is 3. The number of alkyl halides is 1. The van der Waals surface area contributed by atoms with E-state index in [9.17, 15) is 14.4 Å². The molecule has 1 aliphatic carbocycles. The second-order valence-electron chi connectivity index (χ2n) is 7.96. The average molecular weight is 420 g/mol. The minimum Gasteiger partial charge on any atom is -0.351 e. The van der Waals surface area contributed by atoms with Crippen LogP contribution in [0.15, 0.2) is 30.3 Å². The molecule has 3 amide bonds. The highest BCUT2D eigenvalue weighted by atomic mass is 35.5. The number of hydrogen-bond donors (Lipinski definition) is 2. The molecule has 0 bridgehead atoms. The minimum absolute atomic E-state index is 0.0146. The lowest BCUT2D eigenvalue weighted by molar-refractivity contribution is -0.135. The van der Waals surface area contributed by atoms with E-state index < -0.39 is 0 Å². The van der Waals surface area contributed by atoms with Gasteiger partial charge in [0.25, 0.3) is 5.91 Å². The van der Waals surface area contributed by atoms with E-state index in [-0.39, 0.29) is 35.7 Å². The normalized spacial score (nSPS) is 24.6. The van der Waals surface area contributed by atoms with Crippen molar-refractivity contribution in [2.24, 2.45) is 5.92 Å². The predicted octanol–water partition coefficient (Wildman–Crippen LogP) is 2.71. The summed E-state index contributed by atoms with van der Waals surface area (Å²) in [6, 6.07) is 9.01. The Hall–Kier alpha value is -2.08. The smallest absolute Gasteiger partial charge is 0.251 e. The van der Waals surface area contributed by atoms with Crippen molar-refractivity contribution >= 4 is 29.3 Å². The van der Waals surface area contributed by atoms with Gasteiger partial charge in [-0.15, -0.1) is 11.6 Å². The van der Waals surface area contributed by atoms with E-state index in [1.165, 1.54) is 0 Å².